The summed E-state index contributed by atoms with van der Waals surface area (Å²) in [6.07, 6.45) is 0.357. The summed E-state index contributed by atoms with van der Waals surface area (Å²) in [7, 11) is -0.368. The average molecular weight is 314 g/mol. The highest BCUT2D eigenvalue weighted by molar-refractivity contribution is 7.89. The van der Waals surface area contributed by atoms with Gasteiger partial charge in [0.05, 0.1) is 6.04 Å². The molecule has 9 heteroatoms. The van der Waals surface area contributed by atoms with Crippen LogP contribution in [-0.4, -0.2) is 70.5 Å². The van der Waals surface area contributed by atoms with Crippen molar-refractivity contribution in [1.29, 1.82) is 0 Å². The molecular weight excluding hydrogens is 296 g/mol. The highest BCUT2D eigenvalue weighted by Crippen LogP contribution is 2.34. The van der Waals surface area contributed by atoms with E-state index in [9.17, 15) is 18.3 Å². The Hall–Kier alpha value is -1.45. The van der Waals surface area contributed by atoms with Gasteiger partial charge in [-0.05, 0) is 6.92 Å². The van der Waals surface area contributed by atoms with Gasteiger partial charge in [-0.25, -0.2) is 13.4 Å². The third-order valence-corrected chi connectivity index (χ3v) is 6.20. The molecular formula is C12H18N4O4S. The van der Waals surface area contributed by atoms with E-state index in [2.05, 4.69) is 4.98 Å². The summed E-state index contributed by atoms with van der Waals surface area (Å²) in [5.41, 5.74) is 0. The van der Waals surface area contributed by atoms with E-state index in [0.717, 1.165) is 0 Å². The largest absolute Gasteiger partial charge is 0.383 e. The smallest absolute Gasteiger partial charge is 0.262 e. The zero-order chi connectivity index (χ0) is 15.5. The highest BCUT2D eigenvalue weighted by atomic mass is 32.2. The second-order valence-electron chi connectivity index (χ2n) is 5.68. The molecule has 3 atom stereocenters. The molecule has 0 spiro atoms. The van der Waals surface area contributed by atoms with E-state index in [0.29, 0.717) is 5.82 Å². The van der Waals surface area contributed by atoms with Crippen LogP contribution in [0.25, 0.3) is 0 Å². The van der Waals surface area contributed by atoms with Crippen molar-refractivity contribution in [3.8, 4) is 0 Å². The molecule has 1 amide bonds. The number of likely N-dealkylation sites (N-methyl/N-ethyl adjacent to an activating group) is 1. The number of fused-ring (bicyclic) bond motifs is 1. The number of aliphatic hydroxyl groups excluding tert-OH is 1. The zero-order valence-electron chi connectivity index (χ0n) is 12.1. The van der Waals surface area contributed by atoms with E-state index >= 15 is 0 Å². The number of aliphatic hydroxyl groups is 1. The fraction of sp³-hybridized carbons (Fsp3) is 0.667. The monoisotopic (exact) mass is 314 g/mol. The SMILES string of the molecule is Cc1nc(S(=O)(=O)N2C[C@@H]3[C@H](O)C(=O)N(C)[C@@H]3C2)cn1C. The molecule has 1 aromatic rings. The van der Waals surface area contributed by atoms with Crippen molar-refractivity contribution in [1.82, 2.24) is 18.8 Å². The van der Waals surface area contributed by atoms with Crippen LogP contribution < -0.4 is 0 Å². The summed E-state index contributed by atoms with van der Waals surface area (Å²) in [5, 5.41) is 9.91. The Morgan fingerprint density at radius 2 is 2.00 bits per heavy atom. The van der Waals surface area contributed by atoms with Gasteiger partial charge < -0.3 is 14.6 Å². The molecule has 1 N–H and O–H groups in total. The molecule has 3 rings (SSSR count). The Bertz CT molecular complexity index is 659. The number of carbonyl (C=O) groups excluding carboxylic acids is 1. The fourth-order valence-electron chi connectivity index (χ4n) is 3.03. The Morgan fingerprint density at radius 1 is 1.33 bits per heavy atom. The minimum atomic E-state index is -3.69. The van der Waals surface area contributed by atoms with Gasteiger partial charge in [0, 0.05) is 39.3 Å². The normalized spacial score (nSPS) is 30.2. The van der Waals surface area contributed by atoms with E-state index in [1.54, 1.807) is 25.6 Å². The van der Waals surface area contributed by atoms with Crippen molar-refractivity contribution in [3.63, 3.8) is 0 Å². The molecule has 2 saturated heterocycles. The number of hydrogen-bond donors (Lipinski definition) is 1. The van der Waals surface area contributed by atoms with Crippen molar-refractivity contribution >= 4 is 15.9 Å². The molecule has 3 heterocycles. The van der Waals surface area contributed by atoms with Crippen LogP contribution in [0.4, 0.5) is 0 Å². The van der Waals surface area contributed by atoms with Crippen molar-refractivity contribution in [3.05, 3.63) is 12.0 Å². The third-order valence-electron chi connectivity index (χ3n) is 4.49. The maximum atomic E-state index is 12.6. The molecule has 0 saturated carbocycles. The van der Waals surface area contributed by atoms with Crippen LogP contribution >= 0.6 is 0 Å². The number of hydrogen-bond acceptors (Lipinski definition) is 5. The molecule has 2 aliphatic rings. The number of aryl methyl sites for hydroxylation is 2. The number of sulfonamides is 1. The van der Waals surface area contributed by atoms with E-state index < -0.39 is 16.1 Å². The standard InChI is InChI=1S/C12H18N4O4S/c1-7-13-10(6-14(7)2)21(19,20)16-4-8-9(5-16)15(3)12(18)11(8)17/h6,8-9,11,17H,4-5H2,1-3H3/t8-,9+,11-/m0/s1. The average Bonchev–Trinajstić information content (AvgIpc) is 3.06. The van der Waals surface area contributed by atoms with E-state index in [1.807, 2.05) is 0 Å². The van der Waals surface area contributed by atoms with Crippen molar-refractivity contribution in [2.45, 2.75) is 24.1 Å². The van der Waals surface area contributed by atoms with Gasteiger partial charge in [0.2, 0.25) is 0 Å². The van der Waals surface area contributed by atoms with Gasteiger partial charge in [-0.1, -0.05) is 0 Å². The van der Waals surface area contributed by atoms with E-state index in [-0.39, 0.29) is 36.0 Å². The van der Waals surface area contributed by atoms with Crippen molar-refractivity contribution < 1.29 is 18.3 Å². The van der Waals surface area contributed by atoms with E-state index in [4.69, 9.17) is 0 Å². The minimum absolute atomic E-state index is 0.00550. The van der Waals surface area contributed by atoms with Gasteiger partial charge in [0.1, 0.15) is 11.9 Å². The molecule has 21 heavy (non-hydrogen) atoms. The summed E-state index contributed by atoms with van der Waals surface area (Å²) in [5.74, 6) is -0.0990. The lowest BCUT2D eigenvalue weighted by Gasteiger charge is -2.20. The fourth-order valence-corrected chi connectivity index (χ4v) is 4.55. The summed E-state index contributed by atoms with van der Waals surface area (Å²) in [6.45, 7) is 2.07. The Balaban J connectivity index is 1.88. The summed E-state index contributed by atoms with van der Waals surface area (Å²) in [4.78, 5) is 17.2. The van der Waals surface area contributed by atoms with Crippen molar-refractivity contribution in [2.75, 3.05) is 20.1 Å². The molecule has 0 aliphatic carbocycles. The Morgan fingerprint density at radius 3 is 2.52 bits per heavy atom. The number of imidazole rings is 1. The molecule has 0 bridgehead atoms. The first-order valence-corrected chi connectivity index (χ1v) is 8.12. The second-order valence-corrected chi connectivity index (χ2v) is 7.57. The lowest BCUT2D eigenvalue weighted by molar-refractivity contribution is -0.134. The lowest BCUT2D eigenvalue weighted by Crippen LogP contribution is -2.38. The molecule has 1 aromatic heterocycles. The molecule has 2 fully saturated rings. The predicted molar refractivity (Wildman–Crippen MR) is 72.8 cm³/mol. The first kappa shape index (κ1) is 14.5. The number of likely N-dealkylation sites (tertiary alicyclic amines) is 1. The van der Waals surface area contributed by atoms with Crippen LogP contribution in [0.1, 0.15) is 5.82 Å². The van der Waals surface area contributed by atoms with Gasteiger partial charge in [-0.3, -0.25) is 4.79 Å². The topological polar surface area (TPSA) is 95.7 Å². The molecule has 0 unspecified atom stereocenters. The first-order chi connectivity index (χ1) is 9.73. The van der Waals surface area contributed by atoms with Gasteiger partial charge >= 0.3 is 0 Å². The first-order valence-electron chi connectivity index (χ1n) is 6.68. The Labute approximate surface area is 123 Å². The van der Waals surface area contributed by atoms with Gasteiger partial charge in [-0.2, -0.15) is 4.31 Å². The molecule has 8 nitrogen and oxygen atoms in total. The minimum Gasteiger partial charge on any atom is -0.383 e. The summed E-state index contributed by atoms with van der Waals surface area (Å²) < 4.78 is 28.1. The number of carbonyl (C=O) groups is 1. The molecule has 0 aromatic carbocycles. The number of aromatic nitrogens is 2. The maximum absolute atomic E-state index is 12.6. The number of rotatable bonds is 2. The molecule has 2 aliphatic heterocycles. The van der Waals surface area contributed by atoms with Crippen LogP contribution in [0.5, 0.6) is 0 Å². The maximum Gasteiger partial charge on any atom is 0.262 e. The van der Waals surface area contributed by atoms with Crippen LogP contribution in [-0.2, 0) is 21.9 Å². The third kappa shape index (κ3) is 1.99. The van der Waals surface area contributed by atoms with Gasteiger partial charge in [0.25, 0.3) is 15.9 Å². The van der Waals surface area contributed by atoms with Crippen molar-refractivity contribution in [2.24, 2.45) is 13.0 Å². The Kier molecular flexibility index (Phi) is 3.12. The second kappa shape index (κ2) is 4.52. The van der Waals surface area contributed by atoms with Crippen LogP contribution in [0.2, 0.25) is 0 Å². The van der Waals surface area contributed by atoms with Crippen LogP contribution in [0, 0.1) is 12.8 Å². The number of amides is 1. The van der Waals surface area contributed by atoms with Crippen LogP contribution in [0.3, 0.4) is 0 Å². The van der Waals surface area contributed by atoms with Gasteiger partial charge in [-0.15, -0.1) is 0 Å². The van der Waals surface area contributed by atoms with E-state index in [1.165, 1.54) is 15.4 Å². The summed E-state index contributed by atoms with van der Waals surface area (Å²) in [6, 6.07) is -0.271. The predicted octanol–water partition coefficient (Wildman–Crippen LogP) is -1.45. The zero-order valence-corrected chi connectivity index (χ0v) is 12.9. The molecule has 0 radical (unpaired) electrons. The highest BCUT2D eigenvalue weighted by Gasteiger charge is 2.53. The quantitative estimate of drug-likeness (QED) is 0.720. The molecule has 116 valence electrons. The lowest BCUT2D eigenvalue weighted by atomic mass is 10.0. The number of nitrogens with zero attached hydrogens (tertiary/aromatic N) is 4. The van der Waals surface area contributed by atoms with Crippen LogP contribution in [0.15, 0.2) is 11.2 Å². The summed E-state index contributed by atoms with van der Waals surface area (Å²) >= 11 is 0. The van der Waals surface area contributed by atoms with Gasteiger partial charge in [0.15, 0.2) is 5.03 Å².